The third kappa shape index (κ3) is 24.8. The minimum atomic E-state index is -2.69. The Morgan fingerprint density at radius 1 is 1.62 bits per heavy atom. The molecule has 0 rings (SSSR count). The summed E-state index contributed by atoms with van der Waals surface area (Å²) in [5, 5.41) is 0. The van der Waals surface area contributed by atoms with Crippen LogP contribution in [0, 0.1) is 0 Å². The lowest BCUT2D eigenvalue weighted by Gasteiger charge is -1.90. The van der Waals surface area contributed by atoms with Gasteiger partial charge >= 0.3 is 0 Å². The molecule has 0 aliphatic carbocycles. The summed E-state index contributed by atoms with van der Waals surface area (Å²) >= 11 is 0. The van der Waals surface area contributed by atoms with Gasteiger partial charge in [-0.05, 0) is 13.0 Å². The first kappa shape index (κ1) is 14.4. The second-order valence-corrected chi connectivity index (χ2v) is 2.77. The number of nitrogens with two attached hydrogens (primary N) is 1. The van der Waals surface area contributed by atoms with Gasteiger partial charge < -0.3 is 5.73 Å². The van der Waals surface area contributed by atoms with Crippen LogP contribution in [0.5, 0.6) is 0 Å². The van der Waals surface area contributed by atoms with Crippen molar-refractivity contribution in [2.75, 3.05) is 6.61 Å². The summed E-state index contributed by atoms with van der Waals surface area (Å²) in [5.41, 5.74) is 5.23. The molecule has 0 aromatic rings. The molecule has 0 aromatic heterocycles. The average molecular weight is 207 g/mol. The number of rotatable bonds is 4. The Labute approximate surface area is 79.0 Å². The maximum absolute atomic E-state index is 9.68. The predicted molar refractivity (Wildman–Crippen MR) is 50.5 cm³/mol. The first-order valence-electron chi connectivity index (χ1n) is 3.23. The Bertz CT molecular complexity index is 249. The second kappa shape index (κ2) is 8.95. The first-order valence-corrected chi connectivity index (χ1v) is 4.33. The van der Waals surface area contributed by atoms with Crippen molar-refractivity contribution in [2.45, 2.75) is 6.92 Å². The molecular formula is C7H13NO4S. The maximum Gasteiger partial charge on any atom is 0.257 e. The Kier molecular flexibility index (Phi) is 9.91. The lowest BCUT2D eigenvalue weighted by atomic mass is 10.4. The van der Waals surface area contributed by atoms with E-state index in [-0.39, 0.29) is 6.61 Å². The summed E-state index contributed by atoms with van der Waals surface area (Å²) in [6.45, 7) is 8.31. The van der Waals surface area contributed by atoms with Crippen LogP contribution in [0.25, 0.3) is 0 Å². The van der Waals surface area contributed by atoms with Gasteiger partial charge in [0.1, 0.15) is 0 Å². The molecule has 0 spiro atoms. The van der Waals surface area contributed by atoms with Crippen LogP contribution >= 0.6 is 0 Å². The molecule has 0 heterocycles. The number of carbonyl (C=O) groups is 1. The third-order valence-electron chi connectivity index (χ3n) is 0.618. The summed E-state index contributed by atoms with van der Waals surface area (Å²) in [6.07, 6.45) is 1.06. The van der Waals surface area contributed by atoms with E-state index in [4.69, 9.17) is 0 Å². The molecule has 0 unspecified atom stereocenters. The Hall–Kier alpha value is -1.14. The summed E-state index contributed by atoms with van der Waals surface area (Å²) < 4.78 is 23.5. The second-order valence-electron chi connectivity index (χ2n) is 2.06. The van der Waals surface area contributed by atoms with Crippen LogP contribution in [0.2, 0.25) is 0 Å². The molecule has 0 atom stereocenters. The van der Waals surface area contributed by atoms with Crippen molar-refractivity contribution >= 4 is 16.9 Å². The number of carbonyl (C=O) groups excluding carboxylic acids is 1. The van der Waals surface area contributed by atoms with Crippen molar-refractivity contribution in [2.24, 2.45) is 5.73 Å². The largest absolute Gasteiger partial charge is 0.366 e. The van der Waals surface area contributed by atoms with Gasteiger partial charge in [-0.1, -0.05) is 18.7 Å². The van der Waals surface area contributed by atoms with Crippen LogP contribution in [0.3, 0.4) is 0 Å². The topological polar surface area (TPSA) is 86.5 Å². The van der Waals surface area contributed by atoms with Gasteiger partial charge in [0.15, 0.2) is 0 Å². The van der Waals surface area contributed by atoms with Crippen LogP contribution in [0.1, 0.15) is 6.92 Å². The molecule has 0 saturated heterocycles. The molecule has 2 N–H and O–H groups in total. The smallest absolute Gasteiger partial charge is 0.257 e. The zero-order valence-electron chi connectivity index (χ0n) is 7.36. The fraction of sp³-hybridized carbons (Fsp3) is 0.286. The molecule has 0 aliphatic rings. The van der Waals surface area contributed by atoms with Gasteiger partial charge in [-0.2, -0.15) is 0 Å². The number of hydrogen-bond donors (Lipinski definition) is 2. The van der Waals surface area contributed by atoms with Crippen molar-refractivity contribution in [1.29, 1.82) is 0 Å². The summed E-state index contributed by atoms with van der Waals surface area (Å²) in [6, 6.07) is 0. The number of thiol groups is 1. The van der Waals surface area contributed by atoms with E-state index in [1.807, 2.05) is 0 Å². The van der Waals surface area contributed by atoms with E-state index in [0.29, 0.717) is 5.57 Å². The average Bonchev–Trinajstić information content (AvgIpc) is 2.02. The highest BCUT2D eigenvalue weighted by Crippen LogP contribution is 1.86. The van der Waals surface area contributed by atoms with Gasteiger partial charge in [0, 0.05) is 0 Å². The van der Waals surface area contributed by atoms with Gasteiger partial charge in [-0.3, -0.25) is 8.98 Å². The number of primary amides is 1. The normalized spacial score (nSPS) is 8.46. The lowest BCUT2D eigenvalue weighted by Crippen LogP contribution is -2.04. The molecule has 1 amide bonds. The molecule has 0 aliphatic heterocycles. The Balaban J connectivity index is 0. The highest BCUT2D eigenvalue weighted by atomic mass is 32.2. The van der Waals surface area contributed by atoms with Gasteiger partial charge in [0.2, 0.25) is 5.91 Å². The van der Waals surface area contributed by atoms with E-state index in [1.165, 1.54) is 0 Å². The van der Waals surface area contributed by atoms with Gasteiger partial charge in [-0.25, -0.2) is 8.42 Å². The van der Waals surface area contributed by atoms with Crippen molar-refractivity contribution in [3.63, 3.8) is 0 Å². The van der Waals surface area contributed by atoms with E-state index in [1.54, 1.807) is 6.92 Å². The highest BCUT2D eigenvalue weighted by Gasteiger charge is 1.84. The van der Waals surface area contributed by atoms with Crippen LogP contribution in [0.4, 0.5) is 0 Å². The summed E-state index contributed by atoms with van der Waals surface area (Å²) in [7, 11) is -2.69. The standard InChI is InChI=1S/C4H8O3S.C3H5NO/c1-4(2)3-7-8(5)6;1-2-3(4)5/h8H,1,3H2,2H3;2H,1H2,(H2,4,5). The van der Waals surface area contributed by atoms with Crippen molar-refractivity contribution in [3.05, 3.63) is 24.8 Å². The lowest BCUT2D eigenvalue weighted by molar-refractivity contribution is -0.113. The molecule has 0 fully saturated rings. The monoisotopic (exact) mass is 207 g/mol. The van der Waals surface area contributed by atoms with Crippen LogP contribution < -0.4 is 5.73 Å². The molecule has 13 heavy (non-hydrogen) atoms. The summed E-state index contributed by atoms with van der Waals surface area (Å²) in [5.74, 6) is -0.481. The zero-order valence-corrected chi connectivity index (χ0v) is 8.25. The molecule has 6 heteroatoms. The zero-order chi connectivity index (χ0) is 10.9. The molecule has 0 saturated carbocycles. The van der Waals surface area contributed by atoms with Crippen molar-refractivity contribution in [1.82, 2.24) is 0 Å². The van der Waals surface area contributed by atoms with E-state index < -0.39 is 16.9 Å². The van der Waals surface area contributed by atoms with Crippen LogP contribution in [-0.4, -0.2) is 20.9 Å². The fourth-order valence-corrected chi connectivity index (χ4v) is 0.489. The van der Waals surface area contributed by atoms with E-state index in [9.17, 15) is 13.2 Å². The Morgan fingerprint density at radius 2 is 2.00 bits per heavy atom. The van der Waals surface area contributed by atoms with E-state index >= 15 is 0 Å². The number of hydrogen-bond acceptors (Lipinski definition) is 4. The van der Waals surface area contributed by atoms with E-state index in [2.05, 4.69) is 23.1 Å². The molecule has 5 nitrogen and oxygen atoms in total. The fourth-order valence-electron chi connectivity index (χ4n) is 0.163. The maximum atomic E-state index is 9.68. The molecule has 76 valence electrons. The predicted octanol–water partition coefficient (Wildman–Crippen LogP) is -0.237. The third-order valence-corrected chi connectivity index (χ3v) is 0.957. The molecule has 0 aromatic carbocycles. The highest BCUT2D eigenvalue weighted by molar-refractivity contribution is 7.67. The van der Waals surface area contributed by atoms with Gasteiger partial charge in [-0.15, -0.1) is 0 Å². The Morgan fingerprint density at radius 3 is 2.08 bits per heavy atom. The minimum absolute atomic E-state index is 0.0959. The van der Waals surface area contributed by atoms with E-state index in [0.717, 1.165) is 6.08 Å². The minimum Gasteiger partial charge on any atom is -0.366 e. The van der Waals surface area contributed by atoms with Crippen molar-refractivity contribution < 1.29 is 17.4 Å². The molecule has 0 bridgehead atoms. The molecular weight excluding hydrogens is 194 g/mol. The van der Waals surface area contributed by atoms with Crippen LogP contribution in [0.15, 0.2) is 24.8 Å². The summed E-state index contributed by atoms with van der Waals surface area (Å²) in [4.78, 5) is 9.47. The van der Waals surface area contributed by atoms with Gasteiger partial charge in [0.25, 0.3) is 11.0 Å². The van der Waals surface area contributed by atoms with Crippen LogP contribution in [-0.2, 0) is 20.0 Å². The molecule has 0 radical (unpaired) electrons. The first-order chi connectivity index (χ1) is 5.90. The number of amides is 1. The van der Waals surface area contributed by atoms with Crippen molar-refractivity contribution in [3.8, 4) is 0 Å². The van der Waals surface area contributed by atoms with Gasteiger partial charge in [0.05, 0.1) is 6.61 Å². The SMILES string of the molecule is C=C(C)CO[SH](=O)=O.C=CC(N)=O. The quantitative estimate of drug-likeness (QED) is 0.378.